The lowest BCUT2D eigenvalue weighted by molar-refractivity contribution is -0.128. The van der Waals surface area contributed by atoms with E-state index < -0.39 is 10.0 Å². The number of carbonyl (C=O) groups excluding carboxylic acids is 1. The average Bonchev–Trinajstić information content (AvgIpc) is 2.56. The third-order valence-electron chi connectivity index (χ3n) is 4.22. The minimum Gasteiger partial charge on any atom is -0.340 e. The maximum atomic E-state index is 12.6. The summed E-state index contributed by atoms with van der Waals surface area (Å²) in [6.45, 7) is 3.99. The second-order valence-corrected chi connectivity index (χ2v) is 8.76. The van der Waals surface area contributed by atoms with Crippen LogP contribution in [0.1, 0.15) is 16.7 Å². The summed E-state index contributed by atoms with van der Waals surface area (Å²) in [5, 5.41) is 0.626. The highest BCUT2D eigenvalue weighted by molar-refractivity contribution is 7.92. The molecule has 0 radical (unpaired) electrons. The van der Waals surface area contributed by atoms with Crippen LogP contribution in [0.15, 0.2) is 42.5 Å². The van der Waals surface area contributed by atoms with E-state index >= 15 is 0 Å². The normalized spacial score (nSPS) is 11.3. The molecule has 26 heavy (non-hydrogen) atoms. The number of hydrogen-bond donors (Lipinski definition) is 0. The number of aryl methyl sites for hydroxylation is 2. The van der Waals surface area contributed by atoms with E-state index in [1.807, 2.05) is 32.0 Å². The molecule has 140 valence electrons. The number of rotatable bonds is 6. The molecule has 0 aliphatic carbocycles. The molecule has 0 bridgehead atoms. The van der Waals surface area contributed by atoms with Crippen molar-refractivity contribution in [3.8, 4) is 0 Å². The summed E-state index contributed by atoms with van der Waals surface area (Å²) in [5.41, 5.74) is 3.44. The highest BCUT2D eigenvalue weighted by atomic mass is 35.5. The third-order valence-corrected chi connectivity index (χ3v) is 5.61. The van der Waals surface area contributed by atoms with Crippen LogP contribution in [-0.4, -0.2) is 39.1 Å². The van der Waals surface area contributed by atoms with Crippen LogP contribution in [0.5, 0.6) is 0 Å². The van der Waals surface area contributed by atoms with E-state index in [1.165, 1.54) is 4.90 Å². The van der Waals surface area contributed by atoms with Crippen molar-refractivity contribution < 1.29 is 13.2 Å². The van der Waals surface area contributed by atoms with Crippen LogP contribution in [0, 0.1) is 13.8 Å². The summed E-state index contributed by atoms with van der Waals surface area (Å²) >= 11 is 5.87. The first-order valence-electron chi connectivity index (χ1n) is 8.11. The Morgan fingerprint density at radius 3 is 2.19 bits per heavy atom. The van der Waals surface area contributed by atoms with Gasteiger partial charge < -0.3 is 4.90 Å². The van der Waals surface area contributed by atoms with Crippen LogP contribution in [0.2, 0.25) is 5.02 Å². The number of sulfonamides is 1. The Labute approximate surface area is 160 Å². The Bertz CT molecular complexity index is 896. The molecule has 0 N–H and O–H groups in total. The average molecular weight is 395 g/mol. The zero-order chi connectivity index (χ0) is 19.5. The molecule has 1 amide bonds. The summed E-state index contributed by atoms with van der Waals surface area (Å²) in [6.07, 6.45) is 1.11. The first-order chi connectivity index (χ1) is 12.1. The molecule has 7 heteroatoms. The molecule has 0 heterocycles. The van der Waals surface area contributed by atoms with Crippen molar-refractivity contribution in [1.29, 1.82) is 0 Å². The second-order valence-electron chi connectivity index (χ2n) is 6.41. The van der Waals surface area contributed by atoms with Gasteiger partial charge in [-0.1, -0.05) is 29.8 Å². The highest BCUT2D eigenvalue weighted by Crippen LogP contribution is 2.21. The summed E-state index contributed by atoms with van der Waals surface area (Å²) < 4.78 is 25.6. The summed E-state index contributed by atoms with van der Waals surface area (Å²) in [5.74, 6) is -0.288. The van der Waals surface area contributed by atoms with Crippen molar-refractivity contribution in [2.24, 2.45) is 0 Å². The molecule has 2 rings (SSSR count). The number of likely N-dealkylation sites (N-methyl/N-ethyl adjacent to an activating group) is 1. The Balaban J connectivity index is 2.18. The molecule has 0 spiro atoms. The number of anilines is 1. The molecule has 0 aliphatic rings. The predicted octanol–water partition coefficient (Wildman–Crippen LogP) is 3.38. The van der Waals surface area contributed by atoms with Crippen molar-refractivity contribution in [3.63, 3.8) is 0 Å². The standard InChI is InChI=1S/C19H23ClN2O3S/c1-14-5-10-18(11-15(14)2)22(26(4,24)25)13-19(23)21(3)12-16-6-8-17(20)9-7-16/h5-11H,12-13H2,1-4H3. The van der Waals surface area contributed by atoms with Gasteiger partial charge in [-0.15, -0.1) is 0 Å². The zero-order valence-electron chi connectivity index (χ0n) is 15.4. The van der Waals surface area contributed by atoms with Crippen molar-refractivity contribution in [3.05, 3.63) is 64.2 Å². The molecule has 0 fully saturated rings. The van der Waals surface area contributed by atoms with Gasteiger partial charge in [0.15, 0.2) is 0 Å². The fraction of sp³-hybridized carbons (Fsp3) is 0.316. The maximum Gasteiger partial charge on any atom is 0.243 e. The van der Waals surface area contributed by atoms with Gasteiger partial charge in [0, 0.05) is 18.6 Å². The van der Waals surface area contributed by atoms with Crippen LogP contribution in [0.3, 0.4) is 0 Å². The molecule has 5 nitrogen and oxygen atoms in total. The quantitative estimate of drug-likeness (QED) is 0.754. The SMILES string of the molecule is Cc1ccc(N(CC(=O)N(C)Cc2ccc(Cl)cc2)S(C)(=O)=O)cc1C. The minimum absolute atomic E-state index is 0.245. The van der Waals surface area contributed by atoms with Crippen LogP contribution in [0.4, 0.5) is 5.69 Å². The number of nitrogens with zero attached hydrogens (tertiary/aromatic N) is 2. The largest absolute Gasteiger partial charge is 0.340 e. The van der Waals surface area contributed by atoms with E-state index in [9.17, 15) is 13.2 Å². The van der Waals surface area contributed by atoms with Crippen LogP contribution < -0.4 is 4.31 Å². The Morgan fingerprint density at radius 2 is 1.65 bits per heavy atom. The Kier molecular flexibility index (Phi) is 6.31. The fourth-order valence-electron chi connectivity index (χ4n) is 2.48. The van der Waals surface area contributed by atoms with E-state index in [2.05, 4.69) is 0 Å². The van der Waals surface area contributed by atoms with Gasteiger partial charge in [0.2, 0.25) is 15.9 Å². The van der Waals surface area contributed by atoms with Crippen molar-refractivity contribution in [1.82, 2.24) is 4.90 Å². The maximum absolute atomic E-state index is 12.6. The Hall–Kier alpha value is -2.05. The molecular formula is C19H23ClN2O3S. The van der Waals surface area contributed by atoms with E-state index in [1.54, 1.807) is 31.3 Å². The first kappa shape index (κ1) is 20.3. The molecule has 0 saturated heterocycles. The van der Waals surface area contributed by atoms with Gasteiger partial charge >= 0.3 is 0 Å². The second kappa shape index (κ2) is 8.10. The van der Waals surface area contributed by atoms with E-state index in [0.717, 1.165) is 27.3 Å². The monoisotopic (exact) mass is 394 g/mol. The number of benzene rings is 2. The van der Waals surface area contributed by atoms with Gasteiger partial charge in [-0.3, -0.25) is 9.10 Å². The summed E-state index contributed by atoms with van der Waals surface area (Å²) in [7, 11) is -1.94. The molecule has 2 aromatic carbocycles. The van der Waals surface area contributed by atoms with Crippen molar-refractivity contribution in [2.75, 3.05) is 24.2 Å². The van der Waals surface area contributed by atoms with Gasteiger partial charge in [-0.05, 0) is 54.8 Å². The summed E-state index contributed by atoms with van der Waals surface area (Å²) in [6, 6.07) is 12.5. The smallest absolute Gasteiger partial charge is 0.243 e. The van der Waals surface area contributed by atoms with E-state index in [-0.39, 0.29) is 12.5 Å². The number of halogens is 1. The van der Waals surface area contributed by atoms with Gasteiger partial charge in [-0.2, -0.15) is 0 Å². The van der Waals surface area contributed by atoms with Crippen LogP contribution in [-0.2, 0) is 21.4 Å². The van der Waals surface area contributed by atoms with E-state index in [4.69, 9.17) is 11.6 Å². The van der Waals surface area contributed by atoms with Crippen molar-refractivity contribution >= 4 is 33.2 Å². The Morgan fingerprint density at radius 1 is 1.04 bits per heavy atom. The lowest BCUT2D eigenvalue weighted by atomic mass is 10.1. The molecule has 0 aromatic heterocycles. The van der Waals surface area contributed by atoms with Crippen molar-refractivity contribution in [2.45, 2.75) is 20.4 Å². The highest BCUT2D eigenvalue weighted by Gasteiger charge is 2.23. The fourth-order valence-corrected chi connectivity index (χ4v) is 3.44. The molecular weight excluding hydrogens is 372 g/mol. The van der Waals surface area contributed by atoms with Gasteiger partial charge in [0.1, 0.15) is 6.54 Å². The van der Waals surface area contributed by atoms with Crippen LogP contribution in [0.25, 0.3) is 0 Å². The number of carbonyl (C=O) groups is 1. The first-order valence-corrected chi connectivity index (χ1v) is 10.3. The lowest BCUT2D eigenvalue weighted by Gasteiger charge is -2.25. The van der Waals surface area contributed by atoms with E-state index in [0.29, 0.717) is 17.3 Å². The molecule has 2 aromatic rings. The molecule has 0 unspecified atom stereocenters. The molecule has 0 atom stereocenters. The molecule has 0 saturated carbocycles. The van der Waals surface area contributed by atoms with Gasteiger partial charge in [0.25, 0.3) is 0 Å². The number of amides is 1. The molecule has 0 aliphatic heterocycles. The van der Waals surface area contributed by atoms with Crippen LogP contribution >= 0.6 is 11.6 Å². The lowest BCUT2D eigenvalue weighted by Crippen LogP contribution is -2.41. The van der Waals surface area contributed by atoms with Gasteiger partial charge in [-0.25, -0.2) is 8.42 Å². The van der Waals surface area contributed by atoms with Gasteiger partial charge in [0.05, 0.1) is 11.9 Å². The predicted molar refractivity (Wildman–Crippen MR) is 106 cm³/mol. The third kappa shape index (κ3) is 5.22. The minimum atomic E-state index is -3.59. The zero-order valence-corrected chi connectivity index (χ0v) is 16.9. The topological polar surface area (TPSA) is 57.7 Å². The number of hydrogen-bond acceptors (Lipinski definition) is 3. The summed E-state index contributed by atoms with van der Waals surface area (Å²) in [4.78, 5) is 14.1.